The van der Waals surface area contributed by atoms with Crippen LogP contribution in [0.1, 0.15) is 75.8 Å². The number of hydrogen-bond acceptors (Lipinski definition) is 2. The second-order valence-electron chi connectivity index (χ2n) is 8.12. The molecule has 0 aromatic heterocycles. The van der Waals surface area contributed by atoms with Gasteiger partial charge in [0.1, 0.15) is 0 Å². The molecular formula is C23H40N2. The van der Waals surface area contributed by atoms with Gasteiger partial charge < -0.3 is 10.2 Å². The molecule has 1 fully saturated rings. The number of hydrogen-bond donors (Lipinski definition) is 1. The summed E-state index contributed by atoms with van der Waals surface area (Å²) in [5, 5.41) is 3.23. The summed E-state index contributed by atoms with van der Waals surface area (Å²) in [5.41, 5.74) is 3.01. The molecule has 2 nitrogen and oxygen atoms in total. The first-order chi connectivity index (χ1) is 12.2. The van der Waals surface area contributed by atoms with Gasteiger partial charge in [-0.3, -0.25) is 0 Å². The lowest BCUT2D eigenvalue weighted by Gasteiger charge is -2.34. The molecule has 142 valence electrons. The van der Waals surface area contributed by atoms with Gasteiger partial charge >= 0.3 is 0 Å². The number of nitrogens with one attached hydrogen (secondary N) is 1. The van der Waals surface area contributed by atoms with Crippen molar-refractivity contribution >= 4 is 0 Å². The Labute approximate surface area is 156 Å². The Balaban J connectivity index is 1.68. The van der Waals surface area contributed by atoms with Gasteiger partial charge in [-0.25, -0.2) is 0 Å². The first kappa shape index (κ1) is 20.5. The number of piperidine rings is 1. The zero-order valence-corrected chi connectivity index (χ0v) is 16.9. The van der Waals surface area contributed by atoms with Crippen molar-refractivity contribution in [3.05, 3.63) is 35.4 Å². The highest BCUT2D eigenvalue weighted by molar-refractivity contribution is 5.26. The SMILES string of the molecule is CCCCCCC(C)CN1CCC(c2ccc(CCNC)cc2)CC1. The highest BCUT2D eigenvalue weighted by atomic mass is 15.1. The molecule has 1 aromatic rings. The zero-order chi connectivity index (χ0) is 17.9. The average molecular weight is 345 g/mol. The van der Waals surface area contributed by atoms with Crippen LogP contribution in [0.4, 0.5) is 0 Å². The topological polar surface area (TPSA) is 15.3 Å². The van der Waals surface area contributed by atoms with Gasteiger partial charge in [-0.15, -0.1) is 0 Å². The molecule has 1 atom stereocenters. The Morgan fingerprint density at radius 3 is 2.44 bits per heavy atom. The molecule has 0 spiro atoms. The maximum atomic E-state index is 3.23. The van der Waals surface area contributed by atoms with Crippen LogP contribution < -0.4 is 5.32 Å². The van der Waals surface area contributed by atoms with E-state index in [1.165, 1.54) is 70.1 Å². The van der Waals surface area contributed by atoms with Gasteiger partial charge in [0, 0.05) is 6.54 Å². The fourth-order valence-electron chi connectivity index (χ4n) is 4.13. The summed E-state index contributed by atoms with van der Waals surface area (Å²) < 4.78 is 0. The van der Waals surface area contributed by atoms with E-state index >= 15 is 0 Å². The smallest absolute Gasteiger partial charge is 0.000703 e. The van der Waals surface area contributed by atoms with Gasteiger partial charge in [-0.2, -0.15) is 0 Å². The van der Waals surface area contributed by atoms with E-state index in [2.05, 4.69) is 48.3 Å². The first-order valence-corrected chi connectivity index (χ1v) is 10.7. The highest BCUT2D eigenvalue weighted by Gasteiger charge is 2.21. The number of nitrogens with zero attached hydrogens (tertiary/aromatic N) is 1. The van der Waals surface area contributed by atoms with Gasteiger partial charge in [-0.05, 0) is 75.3 Å². The molecule has 1 aromatic carbocycles. The molecule has 2 rings (SSSR count). The van der Waals surface area contributed by atoms with E-state index in [1.54, 1.807) is 5.56 Å². The van der Waals surface area contributed by atoms with Crippen LogP contribution in [0.2, 0.25) is 0 Å². The largest absolute Gasteiger partial charge is 0.319 e. The highest BCUT2D eigenvalue weighted by Crippen LogP contribution is 2.29. The minimum absolute atomic E-state index is 0.773. The molecule has 2 heteroatoms. The van der Waals surface area contributed by atoms with E-state index < -0.39 is 0 Å². The van der Waals surface area contributed by atoms with E-state index in [1.807, 2.05) is 7.05 Å². The van der Waals surface area contributed by atoms with Crippen LogP contribution >= 0.6 is 0 Å². The van der Waals surface area contributed by atoms with E-state index in [9.17, 15) is 0 Å². The predicted molar refractivity (Wildman–Crippen MR) is 110 cm³/mol. The van der Waals surface area contributed by atoms with Crippen molar-refractivity contribution in [2.75, 3.05) is 33.2 Å². The molecule has 1 N–H and O–H groups in total. The fourth-order valence-corrected chi connectivity index (χ4v) is 4.13. The van der Waals surface area contributed by atoms with Crippen molar-refractivity contribution in [2.45, 2.75) is 71.1 Å². The Morgan fingerprint density at radius 2 is 1.80 bits per heavy atom. The first-order valence-electron chi connectivity index (χ1n) is 10.7. The summed E-state index contributed by atoms with van der Waals surface area (Å²) >= 11 is 0. The summed E-state index contributed by atoms with van der Waals surface area (Å²) in [4.78, 5) is 2.71. The van der Waals surface area contributed by atoms with Crippen LogP contribution in [-0.2, 0) is 6.42 Å². The standard InChI is InChI=1S/C23H40N2/c1-4-5-6-7-8-20(2)19-25-17-14-23(15-18-25)22-11-9-21(10-12-22)13-16-24-3/h9-12,20,23-24H,4-8,13-19H2,1-3H3. The maximum absolute atomic E-state index is 3.23. The van der Waals surface area contributed by atoms with E-state index in [-0.39, 0.29) is 0 Å². The Morgan fingerprint density at radius 1 is 1.08 bits per heavy atom. The molecule has 0 bridgehead atoms. The summed E-state index contributed by atoms with van der Waals surface area (Å²) in [5.74, 6) is 1.63. The number of unbranched alkanes of at least 4 members (excludes halogenated alkanes) is 3. The summed E-state index contributed by atoms with van der Waals surface area (Å²) in [6.45, 7) is 9.68. The zero-order valence-electron chi connectivity index (χ0n) is 16.9. The third-order valence-corrected chi connectivity index (χ3v) is 5.82. The van der Waals surface area contributed by atoms with Gasteiger partial charge in [-0.1, -0.05) is 63.8 Å². The van der Waals surface area contributed by atoms with Crippen LogP contribution in [0, 0.1) is 5.92 Å². The summed E-state index contributed by atoms with van der Waals surface area (Å²) in [7, 11) is 2.02. The summed E-state index contributed by atoms with van der Waals surface area (Å²) in [6, 6.07) is 9.41. The lowest BCUT2D eigenvalue weighted by molar-refractivity contribution is 0.182. The molecule has 1 aliphatic heterocycles. The lowest BCUT2D eigenvalue weighted by Crippen LogP contribution is -2.36. The second kappa shape index (κ2) is 11.7. The van der Waals surface area contributed by atoms with Crippen LogP contribution in [-0.4, -0.2) is 38.1 Å². The maximum Gasteiger partial charge on any atom is 0.000703 e. The third-order valence-electron chi connectivity index (χ3n) is 5.82. The average Bonchev–Trinajstić information content (AvgIpc) is 2.65. The van der Waals surface area contributed by atoms with E-state index in [4.69, 9.17) is 0 Å². The fraction of sp³-hybridized carbons (Fsp3) is 0.739. The normalized spacial score (nSPS) is 17.7. The van der Waals surface area contributed by atoms with Crippen molar-refractivity contribution in [2.24, 2.45) is 5.92 Å². The van der Waals surface area contributed by atoms with Crippen molar-refractivity contribution in [1.82, 2.24) is 10.2 Å². The van der Waals surface area contributed by atoms with Crippen molar-refractivity contribution in [3.8, 4) is 0 Å². The molecular weight excluding hydrogens is 304 g/mol. The second-order valence-corrected chi connectivity index (χ2v) is 8.12. The van der Waals surface area contributed by atoms with E-state index in [0.29, 0.717) is 0 Å². The number of rotatable bonds is 11. The number of likely N-dealkylation sites (tertiary alicyclic amines) is 1. The molecule has 1 saturated heterocycles. The molecule has 1 heterocycles. The van der Waals surface area contributed by atoms with Crippen LogP contribution in [0.25, 0.3) is 0 Å². The minimum Gasteiger partial charge on any atom is -0.319 e. The molecule has 1 aliphatic rings. The van der Waals surface area contributed by atoms with Crippen molar-refractivity contribution in [1.29, 1.82) is 0 Å². The quantitative estimate of drug-likeness (QED) is 0.553. The van der Waals surface area contributed by atoms with Gasteiger partial charge in [0.2, 0.25) is 0 Å². The number of likely N-dealkylation sites (N-methyl/N-ethyl adjacent to an activating group) is 1. The molecule has 1 unspecified atom stereocenters. The Hall–Kier alpha value is -0.860. The minimum atomic E-state index is 0.773. The molecule has 0 radical (unpaired) electrons. The van der Waals surface area contributed by atoms with Gasteiger partial charge in [0.05, 0.1) is 0 Å². The van der Waals surface area contributed by atoms with Crippen LogP contribution in [0.5, 0.6) is 0 Å². The molecule has 0 aliphatic carbocycles. The Kier molecular flexibility index (Phi) is 9.57. The third kappa shape index (κ3) is 7.50. The van der Waals surface area contributed by atoms with Crippen LogP contribution in [0.3, 0.4) is 0 Å². The van der Waals surface area contributed by atoms with Gasteiger partial charge in [0.15, 0.2) is 0 Å². The van der Waals surface area contributed by atoms with Gasteiger partial charge in [0.25, 0.3) is 0 Å². The van der Waals surface area contributed by atoms with Crippen LogP contribution in [0.15, 0.2) is 24.3 Å². The monoisotopic (exact) mass is 344 g/mol. The predicted octanol–water partition coefficient (Wildman–Crippen LogP) is 5.23. The Bertz CT molecular complexity index is 446. The van der Waals surface area contributed by atoms with E-state index in [0.717, 1.165) is 24.8 Å². The van der Waals surface area contributed by atoms with Crippen molar-refractivity contribution < 1.29 is 0 Å². The van der Waals surface area contributed by atoms with Crippen molar-refractivity contribution in [3.63, 3.8) is 0 Å². The lowest BCUT2D eigenvalue weighted by atomic mass is 9.88. The molecule has 0 saturated carbocycles. The number of benzene rings is 1. The summed E-state index contributed by atoms with van der Waals surface area (Å²) in [6.07, 6.45) is 10.8. The molecule has 25 heavy (non-hydrogen) atoms. The molecule has 0 amide bonds.